The molecule has 132 valence electrons. The Morgan fingerprint density at radius 1 is 1.23 bits per heavy atom. The van der Waals surface area contributed by atoms with Crippen LogP contribution in [0.25, 0.3) is 11.1 Å². The van der Waals surface area contributed by atoms with E-state index in [4.69, 9.17) is 4.42 Å². The van der Waals surface area contributed by atoms with Crippen LogP contribution in [0.5, 0.6) is 0 Å². The highest BCUT2D eigenvalue weighted by Crippen LogP contribution is 2.33. The molecule has 0 aliphatic carbocycles. The van der Waals surface area contributed by atoms with Gasteiger partial charge < -0.3 is 15.1 Å². The molecule has 2 heterocycles. The van der Waals surface area contributed by atoms with Crippen LogP contribution in [-0.2, 0) is 16.1 Å². The summed E-state index contributed by atoms with van der Waals surface area (Å²) in [4.78, 5) is 36.6. The number of carbonyl (C=O) groups excluding carboxylic acids is 2. The van der Waals surface area contributed by atoms with Crippen molar-refractivity contribution < 1.29 is 14.0 Å². The summed E-state index contributed by atoms with van der Waals surface area (Å²) in [6.45, 7) is 0.221. The number of aryl methyl sites for hydroxylation is 1. The zero-order valence-corrected chi connectivity index (χ0v) is 14.5. The van der Waals surface area contributed by atoms with Crippen LogP contribution in [0.3, 0.4) is 0 Å². The van der Waals surface area contributed by atoms with Gasteiger partial charge in [-0.3, -0.25) is 14.2 Å². The Balaban J connectivity index is 1.44. The molecule has 0 bridgehead atoms. The molecule has 2 aromatic carbocycles. The number of carbonyl (C=O) groups is 2. The molecule has 2 amide bonds. The summed E-state index contributed by atoms with van der Waals surface area (Å²) in [7, 11) is 0. The second-order valence-corrected chi connectivity index (χ2v) is 6.85. The smallest absolute Gasteiger partial charge is 0.408 e. The Kier molecular flexibility index (Phi) is 4.26. The topological polar surface area (TPSA) is 93.3 Å². The van der Waals surface area contributed by atoms with E-state index in [1.54, 1.807) is 30.3 Å². The summed E-state index contributed by atoms with van der Waals surface area (Å²) in [5.41, 5.74) is 2.46. The summed E-state index contributed by atoms with van der Waals surface area (Å²) >= 11 is 1.46. The maximum Gasteiger partial charge on any atom is 0.419 e. The summed E-state index contributed by atoms with van der Waals surface area (Å²) in [6.07, 6.45) is 0.127. The van der Waals surface area contributed by atoms with Gasteiger partial charge in [0.2, 0.25) is 11.8 Å². The lowest BCUT2D eigenvalue weighted by Gasteiger charge is -2.17. The van der Waals surface area contributed by atoms with E-state index < -0.39 is 5.76 Å². The zero-order valence-electron chi connectivity index (χ0n) is 13.7. The van der Waals surface area contributed by atoms with Crippen LogP contribution in [0.15, 0.2) is 56.6 Å². The maximum absolute atomic E-state index is 12.2. The number of fused-ring (bicyclic) bond motifs is 2. The number of amides is 2. The van der Waals surface area contributed by atoms with Crippen molar-refractivity contribution in [2.24, 2.45) is 0 Å². The monoisotopic (exact) mass is 369 g/mol. The fraction of sp³-hybridized carbons (Fsp3) is 0.167. The Bertz CT molecular complexity index is 1070. The molecule has 0 saturated carbocycles. The molecular formula is C18H15N3O4S. The number of para-hydroxylation sites is 2. The minimum absolute atomic E-state index is 0.0582. The molecule has 1 aromatic heterocycles. The maximum atomic E-state index is 12.2. The summed E-state index contributed by atoms with van der Waals surface area (Å²) < 4.78 is 6.60. The van der Waals surface area contributed by atoms with Gasteiger partial charge in [-0.15, -0.1) is 11.8 Å². The Labute approximate surface area is 152 Å². The quantitative estimate of drug-likeness (QED) is 0.737. The lowest BCUT2D eigenvalue weighted by atomic mass is 10.2. The molecule has 2 N–H and O–H groups in total. The molecular weight excluding hydrogens is 354 g/mol. The third-order valence-corrected chi connectivity index (χ3v) is 5.11. The number of hydrogen-bond acceptors (Lipinski definition) is 5. The molecule has 26 heavy (non-hydrogen) atoms. The second-order valence-electron chi connectivity index (χ2n) is 5.83. The minimum Gasteiger partial charge on any atom is -0.408 e. The van der Waals surface area contributed by atoms with Crippen molar-refractivity contribution in [2.45, 2.75) is 17.9 Å². The molecule has 1 aliphatic rings. The average molecular weight is 369 g/mol. The van der Waals surface area contributed by atoms with Crippen LogP contribution in [0.1, 0.15) is 6.42 Å². The number of benzene rings is 2. The number of nitrogens with one attached hydrogen (secondary N) is 2. The van der Waals surface area contributed by atoms with Gasteiger partial charge in [0.15, 0.2) is 5.58 Å². The van der Waals surface area contributed by atoms with Crippen molar-refractivity contribution in [1.29, 1.82) is 0 Å². The largest absolute Gasteiger partial charge is 0.419 e. The van der Waals surface area contributed by atoms with Gasteiger partial charge in [-0.2, -0.15) is 0 Å². The van der Waals surface area contributed by atoms with Crippen molar-refractivity contribution in [3.8, 4) is 0 Å². The van der Waals surface area contributed by atoms with Gasteiger partial charge in [-0.1, -0.05) is 12.1 Å². The molecule has 8 heteroatoms. The fourth-order valence-electron chi connectivity index (χ4n) is 2.82. The van der Waals surface area contributed by atoms with E-state index in [0.29, 0.717) is 28.2 Å². The number of hydrogen-bond donors (Lipinski definition) is 2. The molecule has 7 nitrogen and oxygen atoms in total. The summed E-state index contributed by atoms with van der Waals surface area (Å²) in [5, 5.41) is 5.58. The Morgan fingerprint density at radius 3 is 2.96 bits per heavy atom. The van der Waals surface area contributed by atoms with Gasteiger partial charge in [0.1, 0.15) is 0 Å². The average Bonchev–Trinajstić information content (AvgIpc) is 2.94. The number of anilines is 2. The van der Waals surface area contributed by atoms with Crippen molar-refractivity contribution in [3.05, 3.63) is 53.0 Å². The van der Waals surface area contributed by atoms with E-state index >= 15 is 0 Å². The van der Waals surface area contributed by atoms with Gasteiger partial charge in [-0.05, 0) is 30.3 Å². The number of rotatable bonds is 4. The second kappa shape index (κ2) is 6.72. The normalized spacial score (nSPS) is 13.3. The van der Waals surface area contributed by atoms with Gasteiger partial charge in [0, 0.05) is 23.5 Å². The van der Waals surface area contributed by atoms with Crippen LogP contribution < -0.4 is 16.4 Å². The highest BCUT2D eigenvalue weighted by atomic mass is 32.2. The van der Waals surface area contributed by atoms with E-state index in [1.165, 1.54) is 16.3 Å². The zero-order chi connectivity index (χ0) is 18.1. The van der Waals surface area contributed by atoms with Crippen LogP contribution in [0.2, 0.25) is 0 Å². The summed E-state index contributed by atoms with van der Waals surface area (Å²) in [6, 6.07) is 12.5. The molecule has 0 fully saturated rings. The first-order valence-electron chi connectivity index (χ1n) is 8.05. The molecule has 0 atom stereocenters. The van der Waals surface area contributed by atoms with Crippen molar-refractivity contribution in [3.63, 3.8) is 0 Å². The van der Waals surface area contributed by atoms with Crippen molar-refractivity contribution in [1.82, 2.24) is 4.57 Å². The number of thioether (sulfide) groups is 1. The lowest BCUT2D eigenvalue weighted by Crippen LogP contribution is -2.21. The van der Waals surface area contributed by atoms with Gasteiger partial charge in [0.05, 0.1) is 17.0 Å². The standard InChI is InChI=1S/C18H15N3O4S/c22-16(7-8-21-13-3-1-2-4-14(13)25-18(21)24)19-11-5-6-15-12(9-11)20-17(23)10-26-15/h1-6,9H,7-8,10H2,(H,19,22)(H,20,23). The molecule has 3 aromatic rings. The van der Waals surface area contributed by atoms with Crippen LogP contribution in [0, 0.1) is 0 Å². The number of aromatic nitrogens is 1. The predicted molar refractivity (Wildman–Crippen MR) is 99.5 cm³/mol. The van der Waals surface area contributed by atoms with Gasteiger partial charge in [-0.25, -0.2) is 4.79 Å². The first-order chi connectivity index (χ1) is 12.6. The van der Waals surface area contributed by atoms with Gasteiger partial charge >= 0.3 is 5.76 Å². The van der Waals surface area contributed by atoms with Crippen LogP contribution in [0.4, 0.5) is 11.4 Å². The third-order valence-electron chi connectivity index (χ3n) is 4.03. The van der Waals surface area contributed by atoms with E-state index in [0.717, 1.165) is 4.90 Å². The van der Waals surface area contributed by atoms with Crippen molar-refractivity contribution >= 4 is 46.1 Å². The van der Waals surface area contributed by atoms with Gasteiger partial charge in [0.25, 0.3) is 0 Å². The number of nitrogens with zero attached hydrogens (tertiary/aromatic N) is 1. The van der Waals surface area contributed by atoms with Crippen LogP contribution in [-0.4, -0.2) is 22.1 Å². The first kappa shape index (κ1) is 16.5. The SMILES string of the molecule is O=C(CCn1c(=O)oc2ccccc21)Nc1ccc2c(c1)NC(=O)CS2. The van der Waals surface area contributed by atoms with Crippen molar-refractivity contribution in [2.75, 3.05) is 16.4 Å². The van der Waals surface area contributed by atoms with Crippen LogP contribution >= 0.6 is 11.8 Å². The highest BCUT2D eigenvalue weighted by Gasteiger charge is 2.16. The van der Waals surface area contributed by atoms with E-state index in [9.17, 15) is 14.4 Å². The molecule has 0 saturated heterocycles. The Morgan fingerprint density at radius 2 is 2.08 bits per heavy atom. The molecule has 0 radical (unpaired) electrons. The fourth-order valence-corrected chi connectivity index (χ4v) is 3.61. The lowest BCUT2D eigenvalue weighted by molar-refractivity contribution is -0.116. The third kappa shape index (κ3) is 3.23. The number of oxazole rings is 1. The Hall–Kier alpha value is -3.00. The molecule has 1 aliphatic heterocycles. The highest BCUT2D eigenvalue weighted by molar-refractivity contribution is 8.00. The van der Waals surface area contributed by atoms with E-state index in [-0.39, 0.29) is 24.8 Å². The summed E-state index contributed by atoms with van der Waals surface area (Å²) in [5.74, 6) is -0.367. The molecule has 0 spiro atoms. The predicted octanol–water partition coefficient (Wildman–Crippen LogP) is 2.67. The first-order valence-corrected chi connectivity index (χ1v) is 9.03. The minimum atomic E-state index is -0.479. The van der Waals surface area contributed by atoms with E-state index in [1.807, 2.05) is 12.1 Å². The molecule has 4 rings (SSSR count). The van der Waals surface area contributed by atoms with E-state index in [2.05, 4.69) is 10.6 Å². The molecule has 0 unspecified atom stereocenters.